The van der Waals surface area contributed by atoms with Gasteiger partial charge in [0.15, 0.2) is 0 Å². The molecule has 2 aliphatic carbocycles. The van der Waals surface area contributed by atoms with E-state index in [0.29, 0.717) is 0 Å². The van der Waals surface area contributed by atoms with E-state index in [1.165, 1.54) is 36.3 Å². The highest BCUT2D eigenvalue weighted by atomic mass is 32.2. The van der Waals surface area contributed by atoms with Gasteiger partial charge in [0.25, 0.3) is 0 Å². The second-order valence-corrected chi connectivity index (χ2v) is 7.08. The van der Waals surface area contributed by atoms with E-state index in [0.717, 1.165) is 23.3 Å². The molecule has 4 unspecified atom stereocenters. The predicted molar refractivity (Wildman–Crippen MR) is 76.7 cm³/mol. The molecule has 3 rings (SSSR count). The molecule has 0 saturated heterocycles. The fourth-order valence-electron chi connectivity index (χ4n) is 3.63. The smallest absolute Gasteiger partial charge is 0.0761 e. The Morgan fingerprint density at radius 2 is 2.00 bits per heavy atom. The van der Waals surface area contributed by atoms with Gasteiger partial charge in [-0.2, -0.15) is 0 Å². The van der Waals surface area contributed by atoms with Crippen molar-refractivity contribution in [2.75, 3.05) is 5.75 Å². The molecule has 0 aromatic heterocycles. The topological polar surface area (TPSA) is 20.2 Å². The standard InChI is InChI=1S/C16H22OS/c1-11(17)13-4-6-16(7-5-13)18-10-15-9-12-2-3-14(15)8-12/h4-7,11-12,14-15,17H,2-3,8-10H2,1H3. The number of fused-ring (bicyclic) bond motifs is 2. The highest BCUT2D eigenvalue weighted by molar-refractivity contribution is 7.99. The van der Waals surface area contributed by atoms with Gasteiger partial charge in [0, 0.05) is 10.6 Å². The van der Waals surface area contributed by atoms with Crippen molar-refractivity contribution >= 4 is 11.8 Å². The van der Waals surface area contributed by atoms with E-state index in [1.54, 1.807) is 0 Å². The van der Waals surface area contributed by atoms with Crippen molar-refractivity contribution in [3.05, 3.63) is 29.8 Å². The first-order valence-electron chi connectivity index (χ1n) is 7.13. The van der Waals surface area contributed by atoms with E-state index in [9.17, 15) is 5.11 Å². The maximum absolute atomic E-state index is 9.48. The molecule has 4 atom stereocenters. The van der Waals surface area contributed by atoms with Crippen LogP contribution in [0, 0.1) is 17.8 Å². The molecular weight excluding hydrogens is 240 g/mol. The molecule has 2 saturated carbocycles. The van der Waals surface area contributed by atoms with E-state index in [2.05, 4.69) is 12.1 Å². The SMILES string of the molecule is CC(O)c1ccc(SCC2CC3CCC2C3)cc1. The first-order chi connectivity index (χ1) is 8.72. The number of thioether (sulfide) groups is 1. The van der Waals surface area contributed by atoms with Crippen molar-refractivity contribution in [2.24, 2.45) is 17.8 Å². The first-order valence-corrected chi connectivity index (χ1v) is 8.12. The monoisotopic (exact) mass is 262 g/mol. The van der Waals surface area contributed by atoms with E-state index in [4.69, 9.17) is 0 Å². The summed E-state index contributed by atoms with van der Waals surface area (Å²) in [4.78, 5) is 1.35. The first kappa shape index (κ1) is 12.6. The summed E-state index contributed by atoms with van der Waals surface area (Å²) >= 11 is 2.00. The Kier molecular flexibility index (Phi) is 3.67. The molecule has 0 radical (unpaired) electrons. The van der Waals surface area contributed by atoms with Gasteiger partial charge in [-0.1, -0.05) is 18.6 Å². The molecule has 98 valence electrons. The minimum absolute atomic E-state index is 0.352. The van der Waals surface area contributed by atoms with Crippen LogP contribution in [0.2, 0.25) is 0 Å². The van der Waals surface area contributed by atoms with Gasteiger partial charge in [-0.25, -0.2) is 0 Å². The molecule has 18 heavy (non-hydrogen) atoms. The van der Waals surface area contributed by atoms with Crippen molar-refractivity contribution in [1.82, 2.24) is 0 Å². The summed E-state index contributed by atoms with van der Waals surface area (Å²) in [6, 6.07) is 8.40. The summed E-state index contributed by atoms with van der Waals surface area (Å²) in [5, 5.41) is 9.48. The molecule has 0 aliphatic heterocycles. The quantitative estimate of drug-likeness (QED) is 0.818. The minimum atomic E-state index is -0.352. The van der Waals surface area contributed by atoms with Gasteiger partial charge < -0.3 is 5.11 Å². The van der Waals surface area contributed by atoms with Gasteiger partial charge in [0.2, 0.25) is 0 Å². The molecule has 2 fully saturated rings. The lowest BCUT2D eigenvalue weighted by atomic mass is 9.90. The summed E-state index contributed by atoms with van der Waals surface area (Å²) in [6.07, 6.45) is 5.61. The normalized spacial score (nSPS) is 31.8. The van der Waals surface area contributed by atoms with Gasteiger partial charge in [-0.3, -0.25) is 0 Å². The van der Waals surface area contributed by atoms with Gasteiger partial charge in [-0.15, -0.1) is 11.8 Å². The van der Waals surface area contributed by atoms with Crippen molar-refractivity contribution < 1.29 is 5.11 Å². The molecule has 1 N–H and O–H groups in total. The fourth-order valence-corrected chi connectivity index (χ4v) is 4.77. The molecule has 0 spiro atoms. The van der Waals surface area contributed by atoms with E-state index in [-0.39, 0.29) is 6.10 Å². The molecule has 2 bridgehead atoms. The average Bonchev–Trinajstić information content (AvgIpc) is 2.99. The number of hydrogen-bond acceptors (Lipinski definition) is 2. The van der Waals surface area contributed by atoms with Gasteiger partial charge in [0.05, 0.1) is 6.10 Å². The summed E-state index contributed by atoms with van der Waals surface area (Å²) in [5.74, 6) is 4.33. The number of hydrogen-bond donors (Lipinski definition) is 1. The number of rotatable bonds is 4. The van der Waals surface area contributed by atoms with Gasteiger partial charge in [0.1, 0.15) is 0 Å². The van der Waals surface area contributed by atoms with Crippen LogP contribution in [0.4, 0.5) is 0 Å². The van der Waals surface area contributed by atoms with Crippen molar-refractivity contribution in [2.45, 2.75) is 43.6 Å². The number of benzene rings is 1. The molecule has 1 aromatic rings. The van der Waals surface area contributed by atoms with Crippen LogP contribution in [0.5, 0.6) is 0 Å². The molecule has 2 heteroatoms. The summed E-state index contributed by atoms with van der Waals surface area (Å²) in [6.45, 7) is 1.82. The second kappa shape index (κ2) is 5.26. The van der Waals surface area contributed by atoms with Gasteiger partial charge >= 0.3 is 0 Å². The molecule has 0 amide bonds. The molecule has 1 nitrogen and oxygen atoms in total. The lowest BCUT2D eigenvalue weighted by molar-refractivity contribution is 0.199. The third kappa shape index (κ3) is 2.60. The van der Waals surface area contributed by atoms with E-state index >= 15 is 0 Å². The molecule has 1 aromatic carbocycles. The zero-order valence-electron chi connectivity index (χ0n) is 11.0. The molecule has 0 heterocycles. The van der Waals surface area contributed by atoms with Crippen LogP contribution in [0.25, 0.3) is 0 Å². The van der Waals surface area contributed by atoms with Crippen molar-refractivity contribution in [1.29, 1.82) is 0 Å². The second-order valence-electron chi connectivity index (χ2n) is 5.99. The summed E-state index contributed by atoms with van der Waals surface area (Å²) in [7, 11) is 0. The van der Waals surface area contributed by atoms with Crippen molar-refractivity contribution in [3.8, 4) is 0 Å². The fraction of sp³-hybridized carbons (Fsp3) is 0.625. The minimum Gasteiger partial charge on any atom is -0.389 e. The predicted octanol–water partition coefficient (Wildman–Crippen LogP) is 4.27. The lowest BCUT2D eigenvalue weighted by Gasteiger charge is -2.21. The number of aliphatic hydroxyl groups is 1. The Labute approximate surface area is 114 Å². The van der Waals surface area contributed by atoms with Crippen LogP contribution in [0.15, 0.2) is 29.2 Å². The zero-order chi connectivity index (χ0) is 12.5. The van der Waals surface area contributed by atoms with E-state index < -0.39 is 0 Å². The Bertz CT molecular complexity index is 398. The summed E-state index contributed by atoms with van der Waals surface area (Å²) < 4.78 is 0. The largest absolute Gasteiger partial charge is 0.389 e. The van der Waals surface area contributed by atoms with Crippen molar-refractivity contribution in [3.63, 3.8) is 0 Å². The van der Waals surface area contributed by atoms with Crippen LogP contribution in [-0.2, 0) is 0 Å². The Morgan fingerprint density at radius 3 is 2.56 bits per heavy atom. The van der Waals surface area contributed by atoms with Crippen LogP contribution in [0.1, 0.15) is 44.3 Å². The van der Waals surface area contributed by atoms with Crippen LogP contribution >= 0.6 is 11.8 Å². The molecular formula is C16H22OS. The van der Waals surface area contributed by atoms with Gasteiger partial charge in [-0.05, 0) is 61.6 Å². The average molecular weight is 262 g/mol. The van der Waals surface area contributed by atoms with E-state index in [1.807, 2.05) is 30.8 Å². The lowest BCUT2D eigenvalue weighted by Crippen LogP contribution is -2.12. The molecule has 2 aliphatic rings. The number of aliphatic hydroxyl groups excluding tert-OH is 1. The maximum Gasteiger partial charge on any atom is 0.0761 e. The zero-order valence-corrected chi connectivity index (χ0v) is 11.8. The third-order valence-electron chi connectivity index (χ3n) is 4.71. The summed E-state index contributed by atoms with van der Waals surface area (Å²) in [5.41, 5.74) is 1.01. The third-order valence-corrected chi connectivity index (χ3v) is 5.91. The van der Waals surface area contributed by atoms with Crippen LogP contribution in [0.3, 0.4) is 0 Å². The van der Waals surface area contributed by atoms with Crippen LogP contribution in [-0.4, -0.2) is 10.9 Å². The Hall–Kier alpha value is -0.470. The van der Waals surface area contributed by atoms with Crippen LogP contribution < -0.4 is 0 Å². The highest BCUT2D eigenvalue weighted by Crippen LogP contribution is 2.49. The Balaban J connectivity index is 1.54. The maximum atomic E-state index is 9.48. The Morgan fingerprint density at radius 1 is 1.22 bits per heavy atom. The highest BCUT2D eigenvalue weighted by Gasteiger charge is 2.38.